The second-order valence-electron chi connectivity index (χ2n) is 4.37. The van der Waals surface area contributed by atoms with Gasteiger partial charge in [0, 0.05) is 11.1 Å². The van der Waals surface area contributed by atoms with Crippen LogP contribution in [0.2, 0.25) is 0 Å². The number of rotatable bonds is 2. The van der Waals surface area contributed by atoms with Gasteiger partial charge < -0.3 is 4.52 Å². The van der Waals surface area contributed by atoms with E-state index in [1.807, 2.05) is 18.2 Å². The average Bonchev–Trinajstić information content (AvgIpc) is 2.85. The minimum atomic E-state index is -2.91. The van der Waals surface area contributed by atoms with Crippen LogP contribution in [0.5, 0.6) is 0 Å². The molecule has 19 heavy (non-hydrogen) atoms. The van der Waals surface area contributed by atoms with Crippen molar-refractivity contribution in [2.45, 2.75) is 0 Å². The van der Waals surface area contributed by atoms with Crippen LogP contribution in [-0.2, 0) is 9.09 Å². The Hall–Kier alpha value is -1.70. The van der Waals surface area contributed by atoms with Gasteiger partial charge in [-0.3, -0.25) is 4.57 Å². The van der Waals surface area contributed by atoms with Crippen molar-refractivity contribution in [3.8, 4) is 0 Å². The van der Waals surface area contributed by atoms with Gasteiger partial charge >= 0.3 is 0 Å². The quantitative estimate of drug-likeness (QED) is 0.778. The number of benzene rings is 2. The first-order valence-corrected chi connectivity index (χ1v) is 7.64. The molecule has 0 N–H and O–H groups in total. The summed E-state index contributed by atoms with van der Waals surface area (Å²) in [4.78, 5) is 0. The summed E-state index contributed by atoms with van der Waals surface area (Å²) in [5, 5.41) is 0.687. The second-order valence-corrected chi connectivity index (χ2v) is 6.59. The lowest BCUT2D eigenvalue weighted by Crippen LogP contribution is -2.01. The van der Waals surface area contributed by atoms with Crippen molar-refractivity contribution in [2.75, 3.05) is 6.61 Å². The SMILES string of the molecule is O=P1(c2ccccc2)C=C(c2ccc(F)cc2)CO1. The van der Waals surface area contributed by atoms with Crippen LogP contribution in [0, 0.1) is 5.82 Å². The monoisotopic (exact) mass is 274 g/mol. The topological polar surface area (TPSA) is 26.3 Å². The van der Waals surface area contributed by atoms with Gasteiger partial charge in [-0.2, -0.15) is 0 Å². The Kier molecular flexibility index (Phi) is 3.09. The minimum absolute atomic E-state index is 0.283. The van der Waals surface area contributed by atoms with Gasteiger partial charge in [0.15, 0.2) is 0 Å². The summed E-state index contributed by atoms with van der Waals surface area (Å²) in [5.74, 6) is 1.39. The summed E-state index contributed by atoms with van der Waals surface area (Å²) in [6.07, 6.45) is 0. The molecule has 1 atom stereocenters. The van der Waals surface area contributed by atoms with Gasteiger partial charge in [-0.05, 0) is 35.4 Å². The molecule has 2 nitrogen and oxygen atoms in total. The molecule has 1 unspecified atom stereocenters. The first kappa shape index (κ1) is 12.3. The molecule has 1 aliphatic rings. The third-order valence-electron chi connectivity index (χ3n) is 3.07. The Morgan fingerprint density at radius 3 is 2.37 bits per heavy atom. The van der Waals surface area contributed by atoms with E-state index in [4.69, 9.17) is 4.52 Å². The fourth-order valence-electron chi connectivity index (χ4n) is 2.05. The number of halogens is 1. The maximum absolute atomic E-state index is 12.9. The zero-order valence-electron chi connectivity index (χ0n) is 10.1. The van der Waals surface area contributed by atoms with E-state index < -0.39 is 7.37 Å². The van der Waals surface area contributed by atoms with Crippen molar-refractivity contribution in [1.82, 2.24) is 0 Å². The summed E-state index contributed by atoms with van der Waals surface area (Å²) >= 11 is 0. The highest BCUT2D eigenvalue weighted by Gasteiger charge is 2.30. The molecular formula is C15H12FO2P. The molecule has 3 rings (SSSR count). The van der Waals surface area contributed by atoms with Crippen molar-refractivity contribution in [3.05, 3.63) is 71.8 Å². The highest BCUT2D eigenvalue weighted by molar-refractivity contribution is 7.70. The van der Waals surface area contributed by atoms with Crippen molar-refractivity contribution < 1.29 is 13.5 Å². The standard InChI is InChI=1S/C15H12FO2P/c16-14-8-6-12(7-9-14)13-10-18-19(17,11-13)15-4-2-1-3-5-15/h1-9,11H,10H2. The molecule has 1 heterocycles. The summed E-state index contributed by atoms with van der Waals surface area (Å²) < 4.78 is 31.1. The Bertz CT molecular complexity index is 662. The van der Waals surface area contributed by atoms with E-state index in [9.17, 15) is 8.96 Å². The van der Waals surface area contributed by atoms with Gasteiger partial charge in [-0.15, -0.1) is 0 Å². The fraction of sp³-hybridized carbons (Fsp3) is 0.0667. The lowest BCUT2D eigenvalue weighted by atomic mass is 10.1. The molecule has 0 aliphatic carbocycles. The van der Waals surface area contributed by atoms with Crippen molar-refractivity contribution in [1.29, 1.82) is 0 Å². The van der Waals surface area contributed by atoms with Crippen molar-refractivity contribution in [3.63, 3.8) is 0 Å². The first-order chi connectivity index (χ1) is 9.17. The zero-order valence-corrected chi connectivity index (χ0v) is 11.0. The van der Waals surface area contributed by atoms with Gasteiger partial charge in [0.1, 0.15) is 5.82 Å². The van der Waals surface area contributed by atoms with E-state index in [2.05, 4.69) is 0 Å². The molecule has 0 saturated heterocycles. The number of hydrogen-bond acceptors (Lipinski definition) is 2. The third kappa shape index (κ3) is 2.40. The summed E-state index contributed by atoms with van der Waals surface area (Å²) in [5.41, 5.74) is 1.68. The van der Waals surface area contributed by atoms with E-state index in [0.29, 0.717) is 5.30 Å². The number of hydrogen-bond donors (Lipinski definition) is 0. The molecule has 0 bridgehead atoms. The lowest BCUT2D eigenvalue weighted by Gasteiger charge is -2.08. The molecule has 2 aromatic rings. The van der Waals surface area contributed by atoms with E-state index in [1.54, 1.807) is 30.1 Å². The van der Waals surface area contributed by atoms with Gasteiger partial charge in [0.2, 0.25) is 0 Å². The normalized spacial score (nSPS) is 22.3. The van der Waals surface area contributed by atoms with E-state index in [-0.39, 0.29) is 12.4 Å². The molecule has 0 radical (unpaired) electrons. The maximum atomic E-state index is 12.9. The predicted molar refractivity (Wildman–Crippen MR) is 74.0 cm³/mol. The molecule has 2 aromatic carbocycles. The van der Waals surface area contributed by atoms with E-state index >= 15 is 0 Å². The van der Waals surface area contributed by atoms with Crippen LogP contribution < -0.4 is 5.30 Å². The molecule has 0 aromatic heterocycles. The maximum Gasteiger partial charge on any atom is 0.254 e. The van der Waals surface area contributed by atoms with Crippen LogP contribution in [0.3, 0.4) is 0 Å². The van der Waals surface area contributed by atoms with Crippen LogP contribution >= 0.6 is 7.37 Å². The molecular weight excluding hydrogens is 262 g/mol. The van der Waals surface area contributed by atoms with Crippen molar-refractivity contribution >= 4 is 18.2 Å². The predicted octanol–water partition coefficient (Wildman–Crippen LogP) is 3.80. The molecule has 0 saturated carbocycles. The largest absolute Gasteiger partial charge is 0.318 e. The summed E-state index contributed by atoms with van der Waals surface area (Å²) in [6, 6.07) is 15.3. The van der Waals surface area contributed by atoms with Gasteiger partial charge in [0.05, 0.1) is 6.61 Å². The smallest absolute Gasteiger partial charge is 0.254 e. The van der Waals surface area contributed by atoms with E-state index in [1.165, 1.54) is 12.1 Å². The van der Waals surface area contributed by atoms with Gasteiger partial charge in [-0.1, -0.05) is 30.3 Å². The Labute approximate surface area is 111 Å². The fourth-order valence-corrected chi connectivity index (χ4v) is 3.98. The Morgan fingerprint density at radius 2 is 1.68 bits per heavy atom. The van der Waals surface area contributed by atoms with E-state index in [0.717, 1.165) is 11.1 Å². The Balaban J connectivity index is 1.97. The van der Waals surface area contributed by atoms with Crippen LogP contribution in [0.4, 0.5) is 4.39 Å². The first-order valence-electron chi connectivity index (χ1n) is 5.95. The van der Waals surface area contributed by atoms with Crippen LogP contribution in [0.25, 0.3) is 5.57 Å². The van der Waals surface area contributed by atoms with Crippen molar-refractivity contribution in [2.24, 2.45) is 0 Å². The van der Waals surface area contributed by atoms with Gasteiger partial charge in [0.25, 0.3) is 7.37 Å². The lowest BCUT2D eigenvalue weighted by molar-refractivity contribution is 0.383. The van der Waals surface area contributed by atoms with Crippen LogP contribution in [0.1, 0.15) is 5.56 Å². The second kappa shape index (κ2) is 4.76. The highest BCUT2D eigenvalue weighted by Crippen LogP contribution is 2.54. The molecule has 1 aliphatic heterocycles. The molecule has 0 amide bonds. The van der Waals surface area contributed by atoms with Gasteiger partial charge in [-0.25, -0.2) is 4.39 Å². The third-order valence-corrected chi connectivity index (χ3v) is 5.25. The molecule has 4 heteroatoms. The average molecular weight is 274 g/mol. The highest BCUT2D eigenvalue weighted by atomic mass is 31.2. The summed E-state index contributed by atoms with van der Waals surface area (Å²) in [6.45, 7) is 0.289. The van der Waals surface area contributed by atoms with Crippen LogP contribution in [-0.4, -0.2) is 6.61 Å². The van der Waals surface area contributed by atoms with Crippen LogP contribution in [0.15, 0.2) is 60.4 Å². The molecule has 0 fully saturated rings. The summed E-state index contributed by atoms with van der Waals surface area (Å²) in [7, 11) is -2.91. The molecule has 0 spiro atoms. The molecule has 96 valence electrons. The zero-order chi connectivity index (χ0) is 13.3. The minimum Gasteiger partial charge on any atom is -0.318 e. The Morgan fingerprint density at radius 1 is 1.00 bits per heavy atom.